The maximum absolute atomic E-state index is 12.6. The summed E-state index contributed by atoms with van der Waals surface area (Å²) in [6, 6.07) is 8.07. The van der Waals surface area contributed by atoms with Crippen LogP contribution in [0.2, 0.25) is 0 Å². The van der Waals surface area contributed by atoms with Crippen LogP contribution in [-0.4, -0.2) is 41.7 Å². The summed E-state index contributed by atoms with van der Waals surface area (Å²) in [5.74, 6) is -4.00. The first kappa shape index (κ1) is 20.2. The van der Waals surface area contributed by atoms with E-state index >= 15 is 0 Å². The molecule has 0 saturated heterocycles. The van der Waals surface area contributed by atoms with Crippen LogP contribution in [0.25, 0.3) is 0 Å². The molecule has 1 aromatic rings. The third-order valence-electron chi connectivity index (χ3n) is 4.55. The van der Waals surface area contributed by atoms with E-state index in [9.17, 15) is 23.6 Å². The Morgan fingerprint density at radius 2 is 1.96 bits per heavy atom. The number of ether oxygens (including phenoxy) is 1. The van der Waals surface area contributed by atoms with Crippen LogP contribution in [0, 0.1) is 11.3 Å². The first-order valence-corrected chi connectivity index (χ1v) is 9.16. The number of hydrogen-bond acceptors (Lipinski definition) is 5. The lowest BCUT2D eigenvalue weighted by atomic mass is 9.81. The molecule has 1 aliphatic carbocycles. The Morgan fingerprint density at radius 3 is 2.58 bits per heavy atom. The average Bonchev–Trinajstić information content (AvgIpc) is 2.65. The Bertz CT molecular complexity index is 700. The lowest BCUT2D eigenvalue weighted by Crippen LogP contribution is -2.51. The summed E-state index contributed by atoms with van der Waals surface area (Å²) < 4.78 is 30.2. The van der Waals surface area contributed by atoms with Crippen molar-refractivity contribution < 1.29 is 23.1 Å². The Balaban J connectivity index is 2.01. The van der Waals surface area contributed by atoms with E-state index in [2.05, 4.69) is 6.07 Å². The summed E-state index contributed by atoms with van der Waals surface area (Å²) in [7, 11) is 1.53. The third-order valence-corrected chi connectivity index (χ3v) is 5.34. The molecule has 0 heterocycles. The van der Waals surface area contributed by atoms with Crippen LogP contribution in [0.15, 0.2) is 29.2 Å². The number of nitrogens with zero attached hydrogens (tertiary/aromatic N) is 2. The van der Waals surface area contributed by atoms with Gasteiger partial charge in [-0.05, 0) is 25.0 Å². The zero-order valence-electron chi connectivity index (χ0n) is 14.4. The molecule has 8 heteroatoms. The maximum atomic E-state index is 12.6. The van der Waals surface area contributed by atoms with Crippen molar-refractivity contribution in [1.29, 1.82) is 5.26 Å². The molecule has 0 aromatic heterocycles. The number of halogens is 2. The fraction of sp³-hybridized carbons (Fsp3) is 0.500. The number of benzene rings is 1. The molecule has 0 aliphatic heterocycles. The molecule has 26 heavy (non-hydrogen) atoms. The second kappa shape index (κ2) is 8.99. The Labute approximate surface area is 155 Å². The number of carbonyl (C=O) groups is 2. The lowest BCUT2D eigenvalue weighted by molar-refractivity contribution is -0.138. The van der Waals surface area contributed by atoms with Gasteiger partial charge in [0.1, 0.15) is 5.54 Å². The number of esters is 1. The van der Waals surface area contributed by atoms with Gasteiger partial charge >= 0.3 is 5.97 Å². The van der Waals surface area contributed by atoms with Crippen molar-refractivity contribution in [3.05, 3.63) is 29.8 Å². The molecule has 1 aliphatic rings. The molecule has 1 saturated carbocycles. The van der Waals surface area contributed by atoms with Gasteiger partial charge in [0.15, 0.2) is 6.61 Å². The highest BCUT2D eigenvalue weighted by molar-refractivity contribution is 7.99. The van der Waals surface area contributed by atoms with Crippen molar-refractivity contribution in [2.24, 2.45) is 0 Å². The molecule has 0 spiro atoms. The normalized spacial score (nSPS) is 16.0. The van der Waals surface area contributed by atoms with Crippen molar-refractivity contribution in [3.63, 3.8) is 0 Å². The van der Waals surface area contributed by atoms with Crippen LogP contribution in [0.4, 0.5) is 8.78 Å². The monoisotopic (exact) mass is 382 g/mol. The van der Waals surface area contributed by atoms with E-state index in [0.29, 0.717) is 12.8 Å². The number of hydrogen-bond donors (Lipinski definition) is 0. The van der Waals surface area contributed by atoms with Crippen molar-refractivity contribution in [2.75, 3.05) is 13.7 Å². The minimum absolute atomic E-state index is 0.0130. The molecular formula is C18H20F2N2O3S. The molecule has 2 rings (SSSR count). The van der Waals surface area contributed by atoms with E-state index in [1.165, 1.54) is 30.1 Å². The van der Waals surface area contributed by atoms with Crippen LogP contribution in [0.1, 0.15) is 42.5 Å². The second-order valence-corrected chi connectivity index (χ2v) is 7.14. The summed E-state index contributed by atoms with van der Waals surface area (Å²) >= 11 is 0.247. The Hall–Kier alpha value is -2.14. The van der Waals surface area contributed by atoms with E-state index < -0.39 is 29.8 Å². The number of nitriles is 1. The highest BCUT2D eigenvalue weighted by atomic mass is 32.2. The predicted octanol–water partition coefficient (Wildman–Crippen LogP) is 3.84. The van der Waals surface area contributed by atoms with Crippen LogP contribution >= 0.6 is 11.8 Å². The molecule has 0 N–H and O–H groups in total. The summed E-state index contributed by atoms with van der Waals surface area (Å²) in [4.78, 5) is 26.0. The minimum Gasteiger partial charge on any atom is -0.452 e. The van der Waals surface area contributed by atoms with Gasteiger partial charge in [0.25, 0.3) is 11.7 Å². The van der Waals surface area contributed by atoms with Gasteiger partial charge in [0, 0.05) is 11.9 Å². The first-order chi connectivity index (χ1) is 12.4. The van der Waals surface area contributed by atoms with Crippen LogP contribution in [0.5, 0.6) is 0 Å². The van der Waals surface area contributed by atoms with Crippen molar-refractivity contribution in [3.8, 4) is 6.07 Å². The van der Waals surface area contributed by atoms with Crippen molar-refractivity contribution in [2.45, 2.75) is 48.3 Å². The molecule has 5 nitrogen and oxygen atoms in total. The van der Waals surface area contributed by atoms with E-state index in [4.69, 9.17) is 4.74 Å². The van der Waals surface area contributed by atoms with Gasteiger partial charge in [0.05, 0.1) is 11.6 Å². The van der Waals surface area contributed by atoms with Crippen LogP contribution in [-0.2, 0) is 9.53 Å². The maximum Gasteiger partial charge on any atom is 0.339 e. The molecule has 0 bridgehead atoms. The van der Waals surface area contributed by atoms with Gasteiger partial charge in [0.2, 0.25) is 0 Å². The molecule has 0 atom stereocenters. The third kappa shape index (κ3) is 4.73. The number of amides is 1. The fourth-order valence-electron chi connectivity index (χ4n) is 3.03. The molecule has 1 fully saturated rings. The SMILES string of the molecule is CN(C(=O)COC(=O)c1ccccc1SC(F)F)C1(C#N)CCCCC1. The fourth-order valence-corrected chi connectivity index (χ4v) is 3.66. The molecule has 1 aromatic carbocycles. The van der Waals surface area contributed by atoms with E-state index in [1.807, 2.05) is 0 Å². The van der Waals surface area contributed by atoms with E-state index in [0.717, 1.165) is 19.3 Å². The van der Waals surface area contributed by atoms with Crippen LogP contribution in [0.3, 0.4) is 0 Å². The summed E-state index contributed by atoms with van der Waals surface area (Å²) in [6.07, 6.45) is 3.94. The van der Waals surface area contributed by atoms with E-state index in [1.54, 1.807) is 6.07 Å². The Kier molecular flexibility index (Phi) is 6.98. The van der Waals surface area contributed by atoms with Gasteiger partial charge in [-0.2, -0.15) is 14.0 Å². The number of thioether (sulfide) groups is 1. The minimum atomic E-state index is -2.67. The number of rotatable bonds is 6. The molecular weight excluding hydrogens is 362 g/mol. The molecule has 1 amide bonds. The highest BCUT2D eigenvalue weighted by Crippen LogP contribution is 2.32. The smallest absolute Gasteiger partial charge is 0.339 e. The number of alkyl halides is 2. The highest BCUT2D eigenvalue weighted by Gasteiger charge is 2.39. The first-order valence-electron chi connectivity index (χ1n) is 8.28. The Morgan fingerprint density at radius 1 is 1.31 bits per heavy atom. The molecule has 0 radical (unpaired) electrons. The largest absolute Gasteiger partial charge is 0.452 e. The number of likely N-dealkylation sites (N-methyl/N-ethyl adjacent to an activating group) is 1. The quantitative estimate of drug-likeness (QED) is 0.552. The molecule has 140 valence electrons. The molecule has 0 unspecified atom stereocenters. The zero-order chi connectivity index (χ0) is 19.2. The van der Waals surface area contributed by atoms with Gasteiger partial charge in [-0.3, -0.25) is 4.79 Å². The lowest BCUT2D eigenvalue weighted by Gasteiger charge is -2.38. The second-order valence-electron chi connectivity index (χ2n) is 6.11. The van der Waals surface area contributed by atoms with E-state index in [-0.39, 0.29) is 22.2 Å². The standard InChI is InChI=1S/C18H20F2N2O3S/c1-22(18(12-21)9-5-2-6-10-18)15(23)11-25-16(24)13-7-3-4-8-14(13)26-17(19)20/h3-4,7-8,17H,2,5-6,9-11H2,1H3. The van der Waals surface area contributed by atoms with Crippen molar-refractivity contribution in [1.82, 2.24) is 4.90 Å². The predicted molar refractivity (Wildman–Crippen MR) is 92.8 cm³/mol. The topological polar surface area (TPSA) is 70.4 Å². The summed E-state index contributed by atoms with van der Waals surface area (Å²) in [6.45, 7) is -0.535. The number of carbonyl (C=O) groups excluding carboxylic acids is 2. The van der Waals surface area contributed by atoms with Gasteiger partial charge < -0.3 is 9.64 Å². The van der Waals surface area contributed by atoms with Crippen molar-refractivity contribution >= 4 is 23.6 Å². The average molecular weight is 382 g/mol. The van der Waals surface area contributed by atoms with Crippen LogP contribution < -0.4 is 0 Å². The van der Waals surface area contributed by atoms with Gasteiger partial charge in [-0.25, -0.2) is 4.79 Å². The zero-order valence-corrected chi connectivity index (χ0v) is 15.2. The van der Waals surface area contributed by atoms with Gasteiger partial charge in [-0.15, -0.1) is 0 Å². The summed E-state index contributed by atoms with van der Waals surface area (Å²) in [5.41, 5.74) is -0.883. The summed E-state index contributed by atoms with van der Waals surface area (Å²) in [5, 5.41) is 9.51. The van der Waals surface area contributed by atoms with Gasteiger partial charge in [-0.1, -0.05) is 43.2 Å².